The molecule has 1 aromatic carbocycles. The molecule has 0 amide bonds. The van der Waals surface area contributed by atoms with Crippen molar-refractivity contribution in [1.82, 2.24) is 5.32 Å². The summed E-state index contributed by atoms with van der Waals surface area (Å²) >= 11 is 5.86. The Balaban J connectivity index is 2.09. The van der Waals surface area contributed by atoms with Gasteiger partial charge in [-0.1, -0.05) is 44.2 Å². The van der Waals surface area contributed by atoms with Gasteiger partial charge in [0.25, 0.3) is 0 Å². The van der Waals surface area contributed by atoms with Crippen LogP contribution >= 0.6 is 11.6 Å². The molecule has 0 aliphatic heterocycles. The van der Waals surface area contributed by atoms with Crippen molar-refractivity contribution in [3.63, 3.8) is 0 Å². The van der Waals surface area contributed by atoms with Crippen molar-refractivity contribution in [2.24, 2.45) is 5.41 Å². The van der Waals surface area contributed by atoms with E-state index in [0.29, 0.717) is 5.88 Å². The largest absolute Gasteiger partial charge is 0.316 e. The molecule has 90 valence electrons. The van der Waals surface area contributed by atoms with E-state index in [1.54, 1.807) is 0 Å². The average molecular weight is 240 g/mol. The second kappa shape index (κ2) is 6.93. The lowest BCUT2D eigenvalue weighted by atomic mass is 9.96. The molecule has 0 radical (unpaired) electrons. The standard InChI is InChI=1S/C14H22ClN/c1-14(2,11-15)12-16-10-6-9-13-7-4-3-5-8-13/h3-5,7-8,16H,6,9-12H2,1-2H3. The predicted octanol–water partition coefficient (Wildman–Crippen LogP) is 3.47. The maximum atomic E-state index is 5.86. The predicted molar refractivity (Wildman–Crippen MR) is 72.1 cm³/mol. The van der Waals surface area contributed by atoms with Crippen molar-refractivity contribution in [2.45, 2.75) is 26.7 Å². The van der Waals surface area contributed by atoms with Gasteiger partial charge >= 0.3 is 0 Å². The van der Waals surface area contributed by atoms with E-state index in [1.165, 1.54) is 12.0 Å². The molecular weight excluding hydrogens is 218 g/mol. The third kappa shape index (κ3) is 5.53. The van der Waals surface area contributed by atoms with Gasteiger partial charge in [0.05, 0.1) is 0 Å². The SMILES string of the molecule is CC(C)(CCl)CNCCCc1ccccc1. The quantitative estimate of drug-likeness (QED) is 0.568. The zero-order chi connectivity index (χ0) is 11.9. The van der Waals surface area contributed by atoms with Crippen LogP contribution in [-0.2, 0) is 6.42 Å². The van der Waals surface area contributed by atoms with Crippen LogP contribution in [0.4, 0.5) is 0 Å². The van der Waals surface area contributed by atoms with Crippen LogP contribution in [0.15, 0.2) is 30.3 Å². The molecule has 0 aromatic heterocycles. The van der Waals surface area contributed by atoms with Gasteiger partial charge in [0.15, 0.2) is 0 Å². The van der Waals surface area contributed by atoms with Crippen molar-refractivity contribution in [2.75, 3.05) is 19.0 Å². The molecule has 0 saturated heterocycles. The monoisotopic (exact) mass is 239 g/mol. The third-order valence-electron chi connectivity index (χ3n) is 2.63. The molecular formula is C14H22ClN. The molecule has 0 aliphatic rings. The minimum atomic E-state index is 0.203. The highest BCUT2D eigenvalue weighted by molar-refractivity contribution is 6.18. The highest BCUT2D eigenvalue weighted by Gasteiger charge is 2.14. The van der Waals surface area contributed by atoms with E-state index in [9.17, 15) is 0 Å². The van der Waals surface area contributed by atoms with E-state index in [4.69, 9.17) is 11.6 Å². The van der Waals surface area contributed by atoms with Crippen LogP contribution in [0, 0.1) is 5.41 Å². The zero-order valence-electron chi connectivity index (χ0n) is 10.3. The number of alkyl halides is 1. The molecule has 1 N–H and O–H groups in total. The first kappa shape index (κ1) is 13.5. The van der Waals surface area contributed by atoms with Crippen LogP contribution in [0.3, 0.4) is 0 Å². The summed E-state index contributed by atoms with van der Waals surface area (Å²) in [6.07, 6.45) is 2.33. The van der Waals surface area contributed by atoms with E-state index in [0.717, 1.165) is 19.5 Å². The molecule has 0 bridgehead atoms. The maximum Gasteiger partial charge on any atom is 0.0286 e. The van der Waals surface area contributed by atoms with Gasteiger partial charge < -0.3 is 5.32 Å². The summed E-state index contributed by atoms with van der Waals surface area (Å²) in [5.74, 6) is 0.707. The first-order valence-corrected chi connectivity index (χ1v) is 6.48. The van der Waals surface area contributed by atoms with E-state index < -0.39 is 0 Å². The highest BCUT2D eigenvalue weighted by atomic mass is 35.5. The smallest absolute Gasteiger partial charge is 0.0286 e. The number of aryl methyl sites for hydroxylation is 1. The van der Waals surface area contributed by atoms with Gasteiger partial charge in [-0.05, 0) is 30.4 Å². The molecule has 0 spiro atoms. The van der Waals surface area contributed by atoms with Gasteiger partial charge in [-0.3, -0.25) is 0 Å². The summed E-state index contributed by atoms with van der Waals surface area (Å²) in [4.78, 5) is 0. The van der Waals surface area contributed by atoms with E-state index >= 15 is 0 Å². The molecule has 1 nitrogen and oxygen atoms in total. The third-order valence-corrected chi connectivity index (χ3v) is 3.35. The lowest BCUT2D eigenvalue weighted by molar-refractivity contribution is 0.385. The molecule has 0 unspecified atom stereocenters. The van der Waals surface area contributed by atoms with Crippen molar-refractivity contribution in [3.8, 4) is 0 Å². The fraction of sp³-hybridized carbons (Fsp3) is 0.571. The van der Waals surface area contributed by atoms with Crippen molar-refractivity contribution in [3.05, 3.63) is 35.9 Å². The Morgan fingerprint density at radius 3 is 2.50 bits per heavy atom. The van der Waals surface area contributed by atoms with Gasteiger partial charge in [-0.2, -0.15) is 0 Å². The first-order valence-electron chi connectivity index (χ1n) is 5.95. The van der Waals surface area contributed by atoms with Gasteiger partial charge in [0.2, 0.25) is 0 Å². The fourth-order valence-corrected chi connectivity index (χ4v) is 1.63. The number of hydrogen-bond donors (Lipinski definition) is 1. The maximum absolute atomic E-state index is 5.86. The van der Waals surface area contributed by atoms with Crippen molar-refractivity contribution >= 4 is 11.6 Å². The number of rotatable bonds is 7. The summed E-state index contributed by atoms with van der Waals surface area (Å²) in [6, 6.07) is 10.6. The molecule has 1 aromatic rings. The van der Waals surface area contributed by atoms with Crippen LogP contribution in [0.2, 0.25) is 0 Å². The Bertz CT molecular complexity index is 282. The second-order valence-electron chi connectivity index (χ2n) is 5.06. The summed E-state index contributed by atoms with van der Waals surface area (Å²) in [7, 11) is 0. The van der Waals surface area contributed by atoms with Gasteiger partial charge in [0, 0.05) is 12.4 Å². The number of nitrogens with one attached hydrogen (secondary N) is 1. The second-order valence-corrected chi connectivity index (χ2v) is 5.33. The lowest BCUT2D eigenvalue weighted by Gasteiger charge is -2.21. The van der Waals surface area contributed by atoms with Gasteiger partial charge in [-0.15, -0.1) is 11.6 Å². The summed E-state index contributed by atoms with van der Waals surface area (Å²) in [5, 5.41) is 3.46. The molecule has 1 rings (SSSR count). The average Bonchev–Trinajstić information content (AvgIpc) is 2.30. The van der Waals surface area contributed by atoms with Crippen LogP contribution in [0.25, 0.3) is 0 Å². The van der Waals surface area contributed by atoms with Crippen LogP contribution in [0.1, 0.15) is 25.8 Å². The van der Waals surface area contributed by atoms with E-state index in [1.807, 2.05) is 0 Å². The Kier molecular flexibility index (Phi) is 5.86. The first-order chi connectivity index (χ1) is 7.64. The Morgan fingerprint density at radius 1 is 1.19 bits per heavy atom. The van der Waals surface area contributed by atoms with Crippen molar-refractivity contribution in [1.29, 1.82) is 0 Å². The van der Waals surface area contributed by atoms with Crippen LogP contribution in [-0.4, -0.2) is 19.0 Å². The molecule has 0 atom stereocenters. The lowest BCUT2D eigenvalue weighted by Crippen LogP contribution is -2.31. The molecule has 0 aliphatic carbocycles. The molecule has 16 heavy (non-hydrogen) atoms. The van der Waals surface area contributed by atoms with Crippen molar-refractivity contribution < 1.29 is 0 Å². The topological polar surface area (TPSA) is 12.0 Å². The minimum Gasteiger partial charge on any atom is -0.316 e. The highest BCUT2D eigenvalue weighted by Crippen LogP contribution is 2.14. The minimum absolute atomic E-state index is 0.203. The normalized spacial score (nSPS) is 11.7. The Hall–Kier alpha value is -0.530. The summed E-state index contributed by atoms with van der Waals surface area (Å²) in [5.41, 5.74) is 1.62. The van der Waals surface area contributed by atoms with Crippen LogP contribution in [0.5, 0.6) is 0 Å². The molecule has 2 heteroatoms. The van der Waals surface area contributed by atoms with E-state index in [-0.39, 0.29) is 5.41 Å². The fourth-order valence-electron chi connectivity index (χ4n) is 1.54. The Morgan fingerprint density at radius 2 is 1.88 bits per heavy atom. The van der Waals surface area contributed by atoms with Gasteiger partial charge in [0.1, 0.15) is 0 Å². The number of hydrogen-bond acceptors (Lipinski definition) is 1. The van der Waals surface area contributed by atoms with Crippen LogP contribution < -0.4 is 5.32 Å². The van der Waals surface area contributed by atoms with Gasteiger partial charge in [-0.25, -0.2) is 0 Å². The molecule has 0 fully saturated rings. The summed E-state index contributed by atoms with van der Waals surface area (Å²) < 4.78 is 0. The van der Waals surface area contributed by atoms with E-state index in [2.05, 4.69) is 49.5 Å². The number of halogens is 1. The zero-order valence-corrected chi connectivity index (χ0v) is 11.1. The number of benzene rings is 1. The molecule has 0 heterocycles. The molecule has 0 saturated carbocycles. The Labute approximate surface area is 104 Å². The summed E-state index contributed by atoms with van der Waals surface area (Å²) in [6.45, 7) is 6.43.